The molecule has 0 saturated carbocycles. The van der Waals surface area contributed by atoms with Gasteiger partial charge in [0.2, 0.25) is 0 Å². The van der Waals surface area contributed by atoms with Crippen molar-refractivity contribution in [3.05, 3.63) is 69.8 Å². The van der Waals surface area contributed by atoms with E-state index in [4.69, 9.17) is 4.42 Å². The highest BCUT2D eigenvalue weighted by molar-refractivity contribution is 6.05. The normalized spacial score (nSPS) is 12.3. The lowest BCUT2D eigenvalue weighted by Gasteiger charge is -2.18. The Morgan fingerprint density at radius 1 is 1.20 bits per heavy atom. The molecule has 1 aromatic heterocycles. The van der Waals surface area contributed by atoms with Crippen molar-refractivity contribution < 1.29 is 28.8 Å². The molecular weight excluding hydrogens is 394 g/mol. The Labute approximate surface area is 171 Å². The topological polar surface area (TPSA) is 152 Å². The minimum absolute atomic E-state index is 0.00575. The quantitative estimate of drug-likeness (QED) is 0.323. The van der Waals surface area contributed by atoms with Crippen LogP contribution in [0, 0.1) is 16.0 Å². The second-order valence-corrected chi connectivity index (χ2v) is 6.83. The smallest absolute Gasteiger partial charge is 0.326 e. The molecule has 1 atom stereocenters. The highest BCUT2D eigenvalue weighted by Crippen LogP contribution is 2.15. The van der Waals surface area contributed by atoms with Crippen LogP contribution in [0.1, 0.15) is 36.4 Å². The van der Waals surface area contributed by atoms with Crippen LogP contribution in [-0.2, 0) is 9.59 Å². The van der Waals surface area contributed by atoms with Crippen molar-refractivity contribution in [1.29, 1.82) is 0 Å². The number of aliphatic carboxylic acids is 1. The van der Waals surface area contributed by atoms with Crippen molar-refractivity contribution in [1.82, 2.24) is 10.6 Å². The number of hydrogen-bond donors (Lipinski definition) is 3. The van der Waals surface area contributed by atoms with Crippen LogP contribution in [-0.4, -0.2) is 33.9 Å². The Hall–Kier alpha value is -3.95. The molecule has 0 saturated heterocycles. The fourth-order valence-corrected chi connectivity index (χ4v) is 2.54. The van der Waals surface area contributed by atoms with Crippen LogP contribution < -0.4 is 10.6 Å². The zero-order valence-electron chi connectivity index (χ0n) is 16.3. The molecule has 0 radical (unpaired) electrons. The van der Waals surface area contributed by atoms with E-state index in [2.05, 4.69) is 10.6 Å². The number of rotatable bonds is 9. The lowest BCUT2D eigenvalue weighted by atomic mass is 10.0. The molecule has 0 spiro atoms. The van der Waals surface area contributed by atoms with Gasteiger partial charge < -0.3 is 20.2 Å². The fourth-order valence-electron chi connectivity index (χ4n) is 2.54. The van der Waals surface area contributed by atoms with Gasteiger partial charge in [-0.2, -0.15) is 0 Å². The monoisotopic (exact) mass is 415 g/mol. The Morgan fingerprint density at radius 2 is 1.87 bits per heavy atom. The van der Waals surface area contributed by atoms with Gasteiger partial charge in [0.15, 0.2) is 5.76 Å². The lowest BCUT2D eigenvalue weighted by molar-refractivity contribution is -0.384. The van der Waals surface area contributed by atoms with Gasteiger partial charge in [-0.15, -0.1) is 0 Å². The summed E-state index contributed by atoms with van der Waals surface area (Å²) in [7, 11) is 0. The molecule has 2 aromatic rings. The molecule has 0 aliphatic carbocycles. The molecule has 30 heavy (non-hydrogen) atoms. The van der Waals surface area contributed by atoms with Crippen LogP contribution in [0.25, 0.3) is 6.08 Å². The second kappa shape index (κ2) is 10.0. The van der Waals surface area contributed by atoms with Crippen molar-refractivity contribution in [2.75, 3.05) is 0 Å². The van der Waals surface area contributed by atoms with Crippen molar-refractivity contribution in [3.8, 4) is 0 Å². The number of furan rings is 1. The maximum atomic E-state index is 12.7. The van der Waals surface area contributed by atoms with E-state index < -0.39 is 28.7 Å². The molecule has 0 fully saturated rings. The highest BCUT2D eigenvalue weighted by atomic mass is 16.6. The number of carboxylic acid groups (broad SMARTS) is 1. The summed E-state index contributed by atoms with van der Waals surface area (Å²) >= 11 is 0. The highest BCUT2D eigenvalue weighted by Gasteiger charge is 2.24. The number of benzene rings is 1. The Kier molecular flexibility index (Phi) is 7.45. The minimum atomic E-state index is -1.20. The summed E-state index contributed by atoms with van der Waals surface area (Å²) in [5.41, 5.74) is 0.0159. The molecular formula is C20H21N3O7. The zero-order valence-corrected chi connectivity index (χ0v) is 16.3. The summed E-state index contributed by atoms with van der Waals surface area (Å²) in [4.78, 5) is 46.7. The average Bonchev–Trinajstić information content (AvgIpc) is 3.21. The van der Waals surface area contributed by atoms with E-state index in [1.54, 1.807) is 0 Å². The minimum Gasteiger partial charge on any atom is -0.480 e. The summed E-state index contributed by atoms with van der Waals surface area (Å²) in [6, 6.07) is 7.02. The first kappa shape index (κ1) is 22.3. The number of carboxylic acids is 1. The third-order valence-corrected chi connectivity index (χ3v) is 3.96. The van der Waals surface area contributed by atoms with Crippen LogP contribution in [0.2, 0.25) is 0 Å². The fraction of sp³-hybridized carbons (Fsp3) is 0.250. The van der Waals surface area contributed by atoms with Gasteiger partial charge >= 0.3 is 5.97 Å². The van der Waals surface area contributed by atoms with E-state index in [-0.39, 0.29) is 29.5 Å². The number of nitrogens with one attached hydrogen (secondary N) is 2. The van der Waals surface area contributed by atoms with Crippen LogP contribution in [0.5, 0.6) is 0 Å². The van der Waals surface area contributed by atoms with Gasteiger partial charge in [0.25, 0.3) is 17.5 Å². The molecule has 1 heterocycles. The number of nitro benzene ring substituents is 1. The maximum Gasteiger partial charge on any atom is 0.326 e. The number of non-ortho nitro benzene ring substituents is 1. The zero-order chi connectivity index (χ0) is 22.3. The summed E-state index contributed by atoms with van der Waals surface area (Å²) in [5, 5.41) is 24.9. The van der Waals surface area contributed by atoms with Gasteiger partial charge in [0.1, 0.15) is 11.7 Å². The molecule has 1 aromatic carbocycles. The van der Waals surface area contributed by atoms with Crippen molar-refractivity contribution in [2.24, 2.45) is 5.92 Å². The van der Waals surface area contributed by atoms with Crippen LogP contribution in [0.4, 0.5) is 5.69 Å². The molecule has 0 bridgehead atoms. The third-order valence-electron chi connectivity index (χ3n) is 3.96. The van der Waals surface area contributed by atoms with E-state index >= 15 is 0 Å². The number of hydrogen-bond acceptors (Lipinski definition) is 6. The molecule has 2 rings (SSSR count). The number of carbonyl (C=O) groups is 3. The predicted molar refractivity (Wildman–Crippen MR) is 106 cm³/mol. The van der Waals surface area contributed by atoms with E-state index in [9.17, 15) is 29.6 Å². The summed E-state index contributed by atoms with van der Waals surface area (Å²) in [6.07, 6.45) is 2.77. The van der Waals surface area contributed by atoms with Gasteiger partial charge in [-0.25, -0.2) is 4.79 Å². The number of nitrogens with zero attached hydrogens (tertiary/aromatic N) is 1. The maximum absolute atomic E-state index is 12.7. The van der Waals surface area contributed by atoms with E-state index in [0.29, 0.717) is 5.56 Å². The lowest BCUT2D eigenvalue weighted by Crippen LogP contribution is -2.44. The number of nitro groups is 1. The molecule has 10 heteroatoms. The molecule has 0 aliphatic rings. The Bertz CT molecular complexity index is 947. The van der Waals surface area contributed by atoms with Gasteiger partial charge in [-0.3, -0.25) is 19.7 Å². The summed E-state index contributed by atoms with van der Waals surface area (Å²) in [6.45, 7) is 3.63. The first-order valence-electron chi connectivity index (χ1n) is 9.02. The largest absolute Gasteiger partial charge is 0.480 e. The Morgan fingerprint density at radius 3 is 2.37 bits per heavy atom. The first-order chi connectivity index (χ1) is 14.2. The molecule has 3 N–H and O–H groups in total. The third kappa shape index (κ3) is 6.30. The molecule has 10 nitrogen and oxygen atoms in total. The standard InChI is InChI=1S/C20H21N3O7/c1-12(2)10-16(20(26)27)22-18(24)15(21-19(25)17-4-3-9-30-17)11-13-5-7-14(8-6-13)23(28)29/h3-9,11-12,16H,10H2,1-2H3,(H,21,25)(H,22,24)(H,26,27)/b15-11-. The van der Waals surface area contributed by atoms with Crippen molar-refractivity contribution in [3.63, 3.8) is 0 Å². The van der Waals surface area contributed by atoms with Gasteiger partial charge in [0, 0.05) is 12.1 Å². The molecule has 158 valence electrons. The van der Waals surface area contributed by atoms with Gasteiger partial charge in [-0.05, 0) is 48.2 Å². The SMILES string of the molecule is CC(C)CC(NC(=O)/C(=C/c1ccc([N+](=O)[O-])cc1)NC(=O)c1ccco1)C(=O)O. The summed E-state index contributed by atoms with van der Waals surface area (Å²) in [5.74, 6) is -2.77. The van der Waals surface area contributed by atoms with Crippen molar-refractivity contribution in [2.45, 2.75) is 26.3 Å². The molecule has 1 unspecified atom stereocenters. The number of amides is 2. The van der Waals surface area contributed by atoms with E-state index in [1.165, 1.54) is 48.7 Å². The van der Waals surface area contributed by atoms with Crippen LogP contribution in [0.3, 0.4) is 0 Å². The predicted octanol–water partition coefficient (Wildman–Crippen LogP) is 2.57. The number of carbonyl (C=O) groups excluding carboxylic acids is 2. The van der Waals surface area contributed by atoms with Crippen molar-refractivity contribution >= 4 is 29.5 Å². The summed E-state index contributed by atoms with van der Waals surface area (Å²) < 4.78 is 5.00. The van der Waals surface area contributed by atoms with E-state index in [0.717, 1.165) is 0 Å². The van der Waals surface area contributed by atoms with E-state index in [1.807, 2.05) is 13.8 Å². The first-order valence-corrected chi connectivity index (χ1v) is 9.02. The molecule has 0 aliphatic heterocycles. The van der Waals surface area contributed by atoms with Gasteiger partial charge in [-0.1, -0.05) is 13.8 Å². The molecule has 2 amide bonds. The van der Waals surface area contributed by atoms with Crippen LogP contribution in [0.15, 0.2) is 52.8 Å². The van der Waals surface area contributed by atoms with Gasteiger partial charge in [0.05, 0.1) is 11.2 Å². The average molecular weight is 415 g/mol. The van der Waals surface area contributed by atoms with Crippen LogP contribution >= 0.6 is 0 Å². The second-order valence-electron chi connectivity index (χ2n) is 6.83. The Balaban J connectivity index is 2.31.